The van der Waals surface area contributed by atoms with E-state index in [1.165, 1.54) is 0 Å². The van der Waals surface area contributed by atoms with E-state index in [1.807, 2.05) is 12.1 Å². The molecule has 0 saturated carbocycles. The monoisotopic (exact) mass is 258 g/mol. The van der Waals surface area contributed by atoms with E-state index < -0.39 is 0 Å². The third-order valence-corrected chi connectivity index (χ3v) is 3.25. The predicted molar refractivity (Wildman–Crippen MR) is 70.6 cm³/mol. The minimum atomic E-state index is 0.208. The highest BCUT2D eigenvalue weighted by Gasteiger charge is 2.29. The van der Waals surface area contributed by atoms with Gasteiger partial charge in [-0.25, -0.2) is 0 Å². The van der Waals surface area contributed by atoms with Gasteiger partial charge in [-0.15, -0.1) is 0 Å². The van der Waals surface area contributed by atoms with Crippen LogP contribution in [0.15, 0.2) is 18.2 Å². The Morgan fingerprint density at radius 2 is 1.88 bits per heavy atom. The smallest absolute Gasteiger partial charge is 0.0441 e. The first-order chi connectivity index (χ1) is 7.44. The van der Waals surface area contributed by atoms with Gasteiger partial charge in [-0.3, -0.25) is 0 Å². The van der Waals surface area contributed by atoms with Crippen molar-refractivity contribution in [2.45, 2.75) is 31.8 Å². The lowest BCUT2D eigenvalue weighted by Crippen LogP contribution is -2.31. The molecule has 1 aliphatic rings. The first kappa shape index (κ1) is 12.0. The summed E-state index contributed by atoms with van der Waals surface area (Å²) in [6.07, 6.45) is 1.09. The van der Waals surface area contributed by atoms with Crippen LogP contribution in [0.2, 0.25) is 10.0 Å². The van der Waals surface area contributed by atoms with Gasteiger partial charge in [0.05, 0.1) is 0 Å². The van der Waals surface area contributed by atoms with E-state index in [1.54, 1.807) is 6.07 Å². The molecule has 1 aromatic rings. The fourth-order valence-corrected chi connectivity index (χ4v) is 2.66. The Morgan fingerprint density at radius 1 is 1.25 bits per heavy atom. The molecule has 16 heavy (non-hydrogen) atoms. The molecule has 1 heterocycles. The Labute approximate surface area is 106 Å². The Balaban J connectivity index is 2.05. The van der Waals surface area contributed by atoms with Crippen LogP contribution in [0.1, 0.15) is 20.3 Å². The maximum absolute atomic E-state index is 5.95. The number of halogens is 2. The second-order valence-corrected chi connectivity index (χ2v) is 5.84. The molecule has 0 bridgehead atoms. The average molecular weight is 259 g/mol. The highest BCUT2D eigenvalue weighted by atomic mass is 35.5. The molecular formula is C12H16Cl2N2. The zero-order valence-corrected chi connectivity index (χ0v) is 11.0. The molecule has 0 amide bonds. The van der Waals surface area contributed by atoms with Gasteiger partial charge in [0.1, 0.15) is 0 Å². The molecule has 1 atom stereocenters. The molecule has 4 heteroatoms. The Morgan fingerprint density at radius 3 is 2.38 bits per heavy atom. The largest absolute Gasteiger partial charge is 0.381 e. The Hall–Kier alpha value is -0.440. The second-order valence-electron chi connectivity index (χ2n) is 4.97. The van der Waals surface area contributed by atoms with Crippen LogP contribution in [0.3, 0.4) is 0 Å². The maximum Gasteiger partial charge on any atom is 0.0441 e. The predicted octanol–water partition coefficient (Wildman–Crippen LogP) is 3.55. The van der Waals surface area contributed by atoms with Crippen LogP contribution in [-0.4, -0.2) is 18.1 Å². The Kier molecular flexibility index (Phi) is 3.34. The molecule has 0 spiro atoms. The molecule has 0 aliphatic carbocycles. The number of anilines is 1. The van der Waals surface area contributed by atoms with Crippen molar-refractivity contribution in [3.05, 3.63) is 28.2 Å². The highest BCUT2D eigenvalue weighted by molar-refractivity contribution is 6.35. The average Bonchev–Trinajstić information content (AvgIpc) is 2.43. The van der Waals surface area contributed by atoms with Crippen LogP contribution in [0.5, 0.6) is 0 Å². The highest BCUT2D eigenvalue weighted by Crippen LogP contribution is 2.26. The van der Waals surface area contributed by atoms with Gasteiger partial charge in [0.15, 0.2) is 0 Å². The Bertz CT molecular complexity index is 370. The summed E-state index contributed by atoms with van der Waals surface area (Å²) in [5, 5.41) is 8.25. The van der Waals surface area contributed by atoms with Crippen LogP contribution in [-0.2, 0) is 0 Å². The van der Waals surface area contributed by atoms with Crippen molar-refractivity contribution in [2.75, 3.05) is 11.9 Å². The van der Waals surface area contributed by atoms with Gasteiger partial charge >= 0.3 is 0 Å². The van der Waals surface area contributed by atoms with Crippen molar-refractivity contribution >= 4 is 28.9 Å². The molecule has 2 nitrogen and oxygen atoms in total. The molecule has 0 radical (unpaired) electrons. The van der Waals surface area contributed by atoms with Gasteiger partial charge in [0, 0.05) is 33.9 Å². The summed E-state index contributed by atoms with van der Waals surface area (Å²) in [6.45, 7) is 5.39. The first-order valence-electron chi connectivity index (χ1n) is 5.42. The van der Waals surface area contributed by atoms with Gasteiger partial charge in [-0.05, 0) is 38.5 Å². The van der Waals surface area contributed by atoms with Crippen molar-refractivity contribution in [1.29, 1.82) is 0 Å². The van der Waals surface area contributed by atoms with Crippen LogP contribution in [0, 0.1) is 0 Å². The van der Waals surface area contributed by atoms with E-state index in [9.17, 15) is 0 Å². The van der Waals surface area contributed by atoms with E-state index in [4.69, 9.17) is 23.2 Å². The van der Waals surface area contributed by atoms with Crippen LogP contribution in [0.4, 0.5) is 5.69 Å². The normalized spacial score (nSPS) is 23.4. The minimum Gasteiger partial charge on any atom is -0.381 e. The van der Waals surface area contributed by atoms with Crippen LogP contribution >= 0.6 is 23.2 Å². The van der Waals surface area contributed by atoms with Crippen molar-refractivity contribution in [3.8, 4) is 0 Å². The number of rotatable bonds is 2. The third kappa shape index (κ3) is 3.03. The fourth-order valence-electron chi connectivity index (χ4n) is 2.13. The quantitative estimate of drug-likeness (QED) is 0.848. The van der Waals surface area contributed by atoms with Crippen molar-refractivity contribution in [1.82, 2.24) is 5.32 Å². The zero-order chi connectivity index (χ0) is 11.8. The van der Waals surface area contributed by atoms with Gasteiger partial charge in [0.2, 0.25) is 0 Å². The lowest BCUT2D eigenvalue weighted by molar-refractivity contribution is 0.457. The fraction of sp³-hybridized carbons (Fsp3) is 0.500. The number of hydrogen-bond donors (Lipinski definition) is 2. The summed E-state index contributed by atoms with van der Waals surface area (Å²) in [5.74, 6) is 0. The lowest BCUT2D eigenvalue weighted by atomic mass is 10.0. The lowest BCUT2D eigenvalue weighted by Gasteiger charge is -2.18. The molecular weight excluding hydrogens is 243 g/mol. The van der Waals surface area contributed by atoms with Gasteiger partial charge in [0.25, 0.3) is 0 Å². The summed E-state index contributed by atoms with van der Waals surface area (Å²) in [6, 6.07) is 5.98. The molecule has 2 N–H and O–H groups in total. The van der Waals surface area contributed by atoms with Crippen LogP contribution in [0.25, 0.3) is 0 Å². The SMILES string of the molecule is CC1(C)CC(Nc2cc(Cl)cc(Cl)c2)CN1. The maximum atomic E-state index is 5.95. The van der Waals surface area contributed by atoms with Crippen molar-refractivity contribution in [3.63, 3.8) is 0 Å². The number of benzene rings is 1. The first-order valence-corrected chi connectivity index (χ1v) is 6.18. The molecule has 1 unspecified atom stereocenters. The minimum absolute atomic E-state index is 0.208. The van der Waals surface area contributed by atoms with E-state index >= 15 is 0 Å². The van der Waals surface area contributed by atoms with Crippen molar-refractivity contribution in [2.24, 2.45) is 0 Å². The molecule has 0 aromatic heterocycles. The third-order valence-electron chi connectivity index (χ3n) is 2.82. The second kappa shape index (κ2) is 4.44. The summed E-state index contributed by atoms with van der Waals surface area (Å²) in [5.41, 5.74) is 1.20. The number of nitrogens with one attached hydrogen (secondary N) is 2. The molecule has 88 valence electrons. The summed E-state index contributed by atoms with van der Waals surface area (Å²) >= 11 is 11.9. The van der Waals surface area contributed by atoms with E-state index in [0.717, 1.165) is 18.7 Å². The standard InChI is InChI=1S/C12H16Cl2N2/c1-12(2)6-11(7-15-12)16-10-4-8(13)3-9(14)5-10/h3-5,11,15-16H,6-7H2,1-2H3. The summed E-state index contributed by atoms with van der Waals surface area (Å²) in [4.78, 5) is 0. The molecule has 1 aliphatic heterocycles. The van der Waals surface area contributed by atoms with Gasteiger partial charge < -0.3 is 10.6 Å². The van der Waals surface area contributed by atoms with Gasteiger partial charge in [-0.2, -0.15) is 0 Å². The van der Waals surface area contributed by atoms with E-state index in [2.05, 4.69) is 24.5 Å². The topological polar surface area (TPSA) is 24.1 Å². The van der Waals surface area contributed by atoms with Crippen LogP contribution < -0.4 is 10.6 Å². The summed E-state index contributed by atoms with van der Waals surface area (Å²) < 4.78 is 0. The molecule has 1 aromatic carbocycles. The van der Waals surface area contributed by atoms with Crippen molar-refractivity contribution < 1.29 is 0 Å². The molecule has 1 saturated heterocycles. The van der Waals surface area contributed by atoms with Gasteiger partial charge in [-0.1, -0.05) is 23.2 Å². The number of hydrogen-bond acceptors (Lipinski definition) is 2. The van der Waals surface area contributed by atoms with E-state index in [-0.39, 0.29) is 5.54 Å². The molecule has 1 fully saturated rings. The summed E-state index contributed by atoms with van der Waals surface area (Å²) in [7, 11) is 0. The van der Waals surface area contributed by atoms with E-state index in [0.29, 0.717) is 16.1 Å². The molecule has 2 rings (SSSR count). The zero-order valence-electron chi connectivity index (χ0n) is 9.48.